The molecule has 0 bridgehead atoms. The Balaban J connectivity index is 2.31. The van der Waals surface area contributed by atoms with E-state index >= 15 is 0 Å². The van der Waals surface area contributed by atoms with E-state index in [9.17, 15) is 0 Å². The molecular formula is C12H25N. The second-order valence-corrected chi connectivity index (χ2v) is 4.74. The molecule has 0 aliphatic heterocycles. The maximum atomic E-state index is 6.28. The lowest BCUT2D eigenvalue weighted by atomic mass is 9.78. The summed E-state index contributed by atoms with van der Waals surface area (Å²) in [5.41, 5.74) is 6.28. The van der Waals surface area contributed by atoms with Gasteiger partial charge in [0.15, 0.2) is 0 Å². The van der Waals surface area contributed by atoms with E-state index in [4.69, 9.17) is 5.73 Å². The van der Waals surface area contributed by atoms with E-state index in [-0.39, 0.29) is 0 Å². The van der Waals surface area contributed by atoms with Gasteiger partial charge in [-0.05, 0) is 31.1 Å². The molecule has 1 rings (SSSR count). The van der Waals surface area contributed by atoms with Crippen molar-refractivity contribution in [3.8, 4) is 0 Å². The Hall–Kier alpha value is -0.0400. The first-order valence-corrected chi connectivity index (χ1v) is 6.01. The van der Waals surface area contributed by atoms with Gasteiger partial charge in [0.2, 0.25) is 0 Å². The molecule has 1 nitrogen and oxygen atoms in total. The van der Waals surface area contributed by atoms with E-state index in [1.165, 1.54) is 44.9 Å². The van der Waals surface area contributed by atoms with Gasteiger partial charge >= 0.3 is 0 Å². The highest BCUT2D eigenvalue weighted by molar-refractivity contribution is 4.80. The monoisotopic (exact) mass is 183 g/mol. The van der Waals surface area contributed by atoms with Crippen molar-refractivity contribution < 1.29 is 0 Å². The minimum absolute atomic E-state index is 0.472. The van der Waals surface area contributed by atoms with Crippen LogP contribution in [0.1, 0.15) is 58.8 Å². The summed E-state index contributed by atoms with van der Waals surface area (Å²) in [5.74, 6) is 1.56. The third-order valence-corrected chi connectivity index (χ3v) is 3.60. The van der Waals surface area contributed by atoms with Gasteiger partial charge in [-0.1, -0.05) is 39.5 Å². The second-order valence-electron chi connectivity index (χ2n) is 4.74. The van der Waals surface area contributed by atoms with Crippen molar-refractivity contribution in [1.29, 1.82) is 0 Å². The number of hydrogen-bond acceptors (Lipinski definition) is 1. The summed E-state index contributed by atoms with van der Waals surface area (Å²) in [6.07, 6.45) is 9.61. The van der Waals surface area contributed by atoms with Crippen molar-refractivity contribution in [3.05, 3.63) is 0 Å². The van der Waals surface area contributed by atoms with Crippen LogP contribution < -0.4 is 5.73 Å². The highest BCUT2D eigenvalue weighted by atomic mass is 14.7. The summed E-state index contributed by atoms with van der Waals surface area (Å²) in [6, 6.07) is 0.472. The molecule has 2 atom stereocenters. The van der Waals surface area contributed by atoms with Crippen LogP contribution in [0.25, 0.3) is 0 Å². The van der Waals surface area contributed by atoms with Crippen molar-refractivity contribution in [3.63, 3.8) is 0 Å². The molecule has 13 heavy (non-hydrogen) atoms. The van der Waals surface area contributed by atoms with E-state index < -0.39 is 0 Å². The van der Waals surface area contributed by atoms with Gasteiger partial charge in [0, 0.05) is 6.04 Å². The summed E-state index contributed by atoms with van der Waals surface area (Å²) in [7, 11) is 0. The molecule has 78 valence electrons. The summed E-state index contributed by atoms with van der Waals surface area (Å²) in [6.45, 7) is 4.58. The molecule has 0 aromatic heterocycles. The van der Waals surface area contributed by atoms with Crippen LogP contribution in [0.15, 0.2) is 0 Å². The van der Waals surface area contributed by atoms with E-state index in [0.29, 0.717) is 6.04 Å². The first-order valence-electron chi connectivity index (χ1n) is 6.01. The number of hydrogen-bond donors (Lipinski definition) is 1. The lowest BCUT2D eigenvalue weighted by Crippen LogP contribution is -2.37. The van der Waals surface area contributed by atoms with Gasteiger partial charge in [-0.2, -0.15) is 0 Å². The molecule has 0 radical (unpaired) electrons. The standard InChI is InChI=1S/C12H25N/c1-3-7-10(2)12(13)11-8-5-4-6-9-11/h10-12H,3-9,13H2,1-2H3/t10-,12+/m1/s1. The van der Waals surface area contributed by atoms with Gasteiger partial charge in [-0.15, -0.1) is 0 Å². The molecule has 1 aliphatic rings. The molecule has 0 spiro atoms. The Kier molecular flexibility index (Phi) is 4.79. The van der Waals surface area contributed by atoms with Crippen LogP contribution in [0.2, 0.25) is 0 Å². The van der Waals surface area contributed by atoms with Crippen LogP contribution in [0.5, 0.6) is 0 Å². The fraction of sp³-hybridized carbons (Fsp3) is 1.00. The van der Waals surface area contributed by atoms with Gasteiger partial charge in [-0.3, -0.25) is 0 Å². The van der Waals surface area contributed by atoms with E-state index in [0.717, 1.165) is 11.8 Å². The molecule has 0 aromatic carbocycles. The van der Waals surface area contributed by atoms with E-state index in [1.54, 1.807) is 0 Å². The predicted octanol–water partition coefficient (Wildman–Crippen LogP) is 3.33. The zero-order chi connectivity index (χ0) is 9.68. The molecule has 2 N–H and O–H groups in total. The zero-order valence-electron chi connectivity index (χ0n) is 9.26. The molecule has 0 saturated heterocycles. The van der Waals surface area contributed by atoms with Crippen LogP contribution in [0.4, 0.5) is 0 Å². The van der Waals surface area contributed by atoms with E-state index in [1.807, 2.05) is 0 Å². The smallest absolute Gasteiger partial charge is 0.00929 e. The molecular weight excluding hydrogens is 158 g/mol. The summed E-state index contributed by atoms with van der Waals surface area (Å²) in [5, 5.41) is 0. The van der Waals surface area contributed by atoms with Crippen LogP contribution in [0, 0.1) is 11.8 Å². The number of rotatable bonds is 4. The minimum Gasteiger partial charge on any atom is -0.327 e. The molecule has 1 fully saturated rings. The normalized spacial score (nSPS) is 24.2. The van der Waals surface area contributed by atoms with Crippen molar-refractivity contribution in [2.24, 2.45) is 17.6 Å². The Labute approximate surface area is 83.1 Å². The fourth-order valence-corrected chi connectivity index (χ4v) is 2.63. The average Bonchev–Trinajstić information content (AvgIpc) is 2.18. The van der Waals surface area contributed by atoms with Crippen molar-refractivity contribution in [2.45, 2.75) is 64.8 Å². The van der Waals surface area contributed by atoms with Gasteiger partial charge in [0.1, 0.15) is 0 Å². The molecule has 0 amide bonds. The van der Waals surface area contributed by atoms with Crippen LogP contribution >= 0.6 is 0 Å². The lowest BCUT2D eigenvalue weighted by molar-refractivity contribution is 0.245. The van der Waals surface area contributed by atoms with Crippen molar-refractivity contribution in [2.75, 3.05) is 0 Å². The Morgan fingerprint density at radius 1 is 1.23 bits per heavy atom. The van der Waals surface area contributed by atoms with Gasteiger partial charge in [0.25, 0.3) is 0 Å². The molecule has 0 heterocycles. The Morgan fingerprint density at radius 2 is 1.85 bits per heavy atom. The SMILES string of the molecule is CCC[C@@H](C)[C@H](N)C1CCCCC1. The third kappa shape index (κ3) is 3.30. The molecule has 1 saturated carbocycles. The predicted molar refractivity (Wildman–Crippen MR) is 58.6 cm³/mol. The first kappa shape index (κ1) is 11.0. The summed E-state index contributed by atoms with van der Waals surface area (Å²) >= 11 is 0. The van der Waals surface area contributed by atoms with E-state index in [2.05, 4.69) is 13.8 Å². The van der Waals surface area contributed by atoms with Gasteiger partial charge < -0.3 is 5.73 Å². The Morgan fingerprint density at radius 3 is 2.38 bits per heavy atom. The van der Waals surface area contributed by atoms with Crippen molar-refractivity contribution in [1.82, 2.24) is 0 Å². The zero-order valence-corrected chi connectivity index (χ0v) is 9.26. The average molecular weight is 183 g/mol. The summed E-state index contributed by atoms with van der Waals surface area (Å²) in [4.78, 5) is 0. The molecule has 0 unspecified atom stereocenters. The highest BCUT2D eigenvalue weighted by Gasteiger charge is 2.24. The van der Waals surface area contributed by atoms with Gasteiger partial charge in [0.05, 0.1) is 0 Å². The lowest BCUT2D eigenvalue weighted by Gasteiger charge is -2.31. The topological polar surface area (TPSA) is 26.0 Å². The minimum atomic E-state index is 0.472. The van der Waals surface area contributed by atoms with Crippen molar-refractivity contribution >= 4 is 0 Å². The van der Waals surface area contributed by atoms with Crippen LogP contribution in [0.3, 0.4) is 0 Å². The highest BCUT2D eigenvalue weighted by Crippen LogP contribution is 2.29. The maximum Gasteiger partial charge on any atom is 0.00929 e. The molecule has 0 aromatic rings. The Bertz CT molecular complexity index is 127. The fourth-order valence-electron chi connectivity index (χ4n) is 2.63. The summed E-state index contributed by atoms with van der Waals surface area (Å²) < 4.78 is 0. The maximum absolute atomic E-state index is 6.28. The quantitative estimate of drug-likeness (QED) is 0.711. The largest absolute Gasteiger partial charge is 0.327 e. The number of nitrogens with two attached hydrogens (primary N) is 1. The molecule has 1 heteroatoms. The second kappa shape index (κ2) is 5.64. The third-order valence-electron chi connectivity index (χ3n) is 3.60. The first-order chi connectivity index (χ1) is 6.25. The van der Waals surface area contributed by atoms with Gasteiger partial charge in [-0.25, -0.2) is 0 Å². The van der Waals surface area contributed by atoms with Crippen LogP contribution in [-0.4, -0.2) is 6.04 Å². The van der Waals surface area contributed by atoms with Crippen LogP contribution in [-0.2, 0) is 0 Å². The molecule has 1 aliphatic carbocycles.